The van der Waals surface area contributed by atoms with E-state index in [-0.39, 0.29) is 22.6 Å². The molecule has 3 atom stereocenters. The number of rotatable bonds is 5. The first-order chi connectivity index (χ1) is 9.11. The van der Waals surface area contributed by atoms with Gasteiger partial charge in [-0.1, -0.05) is 0 Å². The Bertz CT molecular complexity index is 464. The van der Waals surface area contributed by atoms with E-state index in [1.807, 2.05) is 0 Å². The van der Waals surface area contributed by atoms with E-state index in [4.69, 9.17) is 4.74 Å². The fraction of sp³-hybridized carbons (Fsp3) is 0.538. The van der Waals surface area contributed by atoms with Crippen LogP contribution in [-0.2, 0) is 15.5 Å². The highest BCUT2D eigenvalue weighted by atomic mass is 32.2. The van der Waals surface area contributed by atoms with Crippen molar-refractivity contribution < 1.29 is 17.7 Å². The van der Waals surface area contributed by atoms with Gasteiger partial charge < -0.3 is 10.1 Å². The molecule has 0 radical (unpaired) electrons. The largest absolute Gasteiger partial charge is 0.381 e. The second-order valence-electron chi connectivity index (χ2n) is 4.61. The SMILES string of the molecule is CNC(CS(=O)c1cc(F)ccc1F)C1CCOC1. The molecule has 1 saturated heterocycles. The van der Waals surface area contributed by atoms with Crippen LogP contribution in [0.2, 0.25) is 0 Å². The molecule has 2 rings (SSSR count). The van der Waals surface area contributed by atoms with Gasteiger partial charge in [-0.05, 0) is 31.7 Å². The molecule has 19 heavy (non-hydrogen) atoms. The second kappa shape index (κ2) is 6.54. The summed E-state index contributed by atoms with van der Waals surface area (Å²) in [5.74, 6) is -0.678. The molecule has 0 aromatic heterocycles. The molecule has 3 nitrogen and oxygen atoms in total. The number of hydrogen-bond acceptors (Lipinski definition) is 3. The highest BCUT2D eigenvalue weighted by molar-refractivity contribution is 7.85. The lowest BCUT2D eigenvalue weighted by Crippen LogP contribution is -2.38. The minimum Gasteiger partial charge on any atom is -0.381 e. The van der Waals surface area contributed by atoms with E-state index in [0.717, 1.165) is 24.6 Å². The maximum atomic E-state index is 13.5. The van der Waals surface area contributed by atoms with Crippen LogP contribution in [0.5, 0.6) is 0 Å². The van der Waals surface area contributed by atoms with Gasteiger partial charge in [0.15, 0.2) is 0 Å². The molecule has 1 N–H and O–H groups in total. The number of benzene rings is 1. The van der Waals surface area contributed by atoms with Gasteiger partial charge in [-0.3, -0.25) is 4.21 Å². The van der Waals surface area contributed by atoms with Crippen molar-refractivity contribution in [1.82, 2.24) is 5.32 Å². The molecule has 1 aliphatic rings. The summed E-state index contributed by atoms with van der Waals surface area (Å²) in [6.45, 7) is 1.32. The van der Waals surface area contributed by atoms with E-state index in [0.29, 0.717) is 13.2 Å². The Morgan fingerprint density at radius 3 is 2.95 bits per heavy atom. The highest BCUT2D eigenvalue weighted by Crippen LogP contribution is 2.20. The summed E-state index contributed by atoms with van der Waals surface area (Å²) in [5.41, 5.74) is 0. The predicted molar refractivity (Wildman–Crippen MR) is 69.4 cm³/mol. The van der Waals surface area contributed by atoms with Crippen molar-refractivity contribution in [1.29, 1.82) is 0 Å². The van der Waals surface area contributed by atoms with Crippen LogP contribution in [0, 0.1) is 17.6 Å². The number of nitrogens with one attached hydrogen (secondary N) is 1. The van der Waals surface area contributed by atoms with Crippen molar-refractivity contribution in [3.63, 3.8) is 0 Å². The molecule has 1 fully saturated rings. The Morgan fingerprint density at radius 1 is 1.53 bits per heavy atom. The van der Waals surface area contributed by atoms with Gasteiger partial charge >= 0.3 is 0 Å². The first kappa shape index (κ1) is 14.6. The zero-order chi connectivity index (χ0) is 13.8. The van der Waals surface area contributed by atoms with Crippen molar-refractivity contribution in [3.05, 3.63) is 29.8 Å². The van der Waals surface area contributed by atoms with Gasteiger partial charge in [0.25, 0.3) is 0 Å². The number of hydrogen-bond donors (Lipinski definition) is 1. The molecule has 0 bridgehead atoms. The Kier molecular flexibility index (Phi) is 5.01. The predicted octanol–water partition coefficient (Wildman–Crippen LogP) is 1.70. The van der Waals surface area contributed by atoms with Crippen molar-refractivity contribution in [2.45, 2.75) is 17.4 Å². The summed E-state index contributed by atoms with van der Waals surface area (Å²) >= 11 is 0. The van der Waals surface area contributed by atoms with E-state index >= 15 is 0 Å². The van der Waals surface area contributed by atoms with Crippen LogP contribution in [0.1, 0.15) is 6.42 Å². The molecular weight excluding hydrogens is 272 g/mol. The molecule has 0 saturated carbocycles. The molecule has 106 valence electrons. The van der Waals surface area contributed by atoms with Gasteiger partial charge in [-0.25, -0.2) is 8.78 Å². The van der Waals surface area contributed by atoms with Crippen LogP contribution >= 0.6 is 0 Å². The van der Waals surface area contributed by atoms with Crippen molar-refractivity contribution in [2.75, 3.05) is 26.0 Å². The van der Waals surface area contributed by atoms with Gasteiger partial charge in [0.1, 0.15) is 11.6 Å². The highest BCUT2D eigenvalue weighted by Gasteiger charge is 2.27. The minimum atomic E-state index is -1.56. The summed E-state index contributed by atoms with van der Waals surface area (Å²) in [7, 11) is 0.216. The smallest absolute Gasteiger partial charge is 0.139 e. The van der Waals surface area contributed by atoms with Crippen molar-refractivity contribution in [2.24, 2.45) is 5.92 Å². The molecule has 1 aromatic rings. The van der Waals surface area contributed by atoms with Gasteiger partial charge in [0.05, 0.1) is 22.3 Å². The van der Waals surface area contributed by atoms with E-state index in [1.165, 1.54) is 0 Å². The standard InChI is InChI=1S/C13H17F2NO2S/c1-16-12(9-4-5-18-7-9)8-19(17)13-6-10(14)2-3-11(13)15/h2-3,6,9,12,16H,4-5,7-8H2,1H3. The van der Waals surface area contributed by atoms with Gasteiger partial charge in [0.2, 0.25) is 0 Å². The van der Waals surface area contributed by atoms with Gasteiger partial charge in [-0.15, -0.1) is 0 Å². The number of ether oxygens (including phenoxy) is 1. The molecule has 1 aliphatic heterocycles. The number of halogens is 2. The molecular formula is C13H17F2NO2S. The van der Waals surface area contributed by atoms with E-state index in [2.05, 4.69) is 5.32 Å². The van der Waals surface area contributed by atoms with Crippen molar-refractivity contribution >= 4 is 10.8 Å². The summed E-state index contributed by atoms with van der Waals surface area (Å²) in [6.07, 6.45) is 0.897. The van der Waals surface area contributed by atoms with Crippen LogP contribution in [-0.4, -0.2) is 36.3 Å². The zero-order valence-electron chi connectivity index (χ0n) is 10.7. The normalized spacial score (nSPS) is 22.4. The fourth-order valence-corrected chi connectivity index (χ4v) is 3.70. The molecule has 3 unspecified atom stereocenters. The van der Waals surface area contributed by atoms with Crippen LogP contribution in [0.4, 0.5) is 8.78 Å². The first-order valence-corrected chi connectivity index (χ1v) is 7.52. The Morgan fingerprint density at radius 2 is 2.32 bits per heavy atom. The van der Waals surface area contributed by atoms with E-state index in [1.54, 1.807) is 7.05 Å². The van der Waals surface area contributed by atoms with Crippen LogP contribution in [0.25, 0.3) is 0 Å². The van der Waals surface area contributed by atoms with Crippen molar-refractivity contribution in [3.8, 4) is 0 Å². The average molecular weight is 289 g/mol. The van der Waals surface area contributed by atoms with Crippen LogP contribution in [0.15, 0.2) is 23.1 Å². The molecule has 0 aliphatic carbocycles. The zero-order valence-corrected chi connectivity index (χ0v) is 11.5. The third-order valence-corrected chi connectivity index (χ3v) is 4.84. The minimum absolute atomic E-state index is 0.0222. The molecule has 0 amide bonds. The fourth-order valence-electron chi connectivity index (χ4n) is 2.23. The summed E-state index contributed by atoms with van der Waals surface area (Å²) in [4.78, 5) is -0.0702. The summed E-state index contributed by atoms with van der Waals surface area (Å²) in [5, 5.41) is 3.09. The maximum absolute atomic E-state index is 13.5. The molecule has 6 heteroatoms. The van der Waals surface area contributed by atoms with Crippen LogP contribution in [0.3, 0.4) is 0 Å². The lowest BCUT2D eigenvalue weighted by molar-refractivity contribution is 0.179. The average Bonchev–Trinajstić information content (AvgIpc) is 2.92. The molecule has 1 aromatic carbocycles. The molecule has 1 heterocycles. The third kappa shape index (κ3) is 3.58. The lowest BCUT2D eigenvalue weighted by Gasteiger charge is -2.21. The maximum Gasteiger partial charge on any atom is 0.139 e. The Labute approximate surface area is 113 Å². The van der Waals surface area contributed by atoms with Gasteiger partial charge in [-0.2, -0.15) is 0 Å². The van der Waals surface area contributed by atoms with Crippen LogP contribution < -0.4 is 5.32 Å². The third-order valence-electron chi connectivity index (χ3n) is 3.37. The van der Waals surface area contributed by atoms with E-state index in [9.17, 15) is 13.0 Å². The lowest BCUT2D eigenvalue weighted by atomic mass is 10.0. The topological polar surface area (TPSA) is 38.3 Å². The quantitative estimate of drug-likeness (QED) is 0.896. The Hall–Kier alpha value is -0.850. The Balaban J connectivity index is 2.08. The molecule has 0 spiro atoms. The first-order valence-electron chi connectivity index (χ1n) is 6.20. The monoisotopic (exact) mass is 289 g/mol. The van der Waals surface area contributed by atoms with Gasteiger partial charge in [0, 0.05) is 24.3 Å². The summed E-state index contributed by atoms with van der Waals surface area (Å²) < 4.78 is 44.1. The van der Waals surface area contributed by atoms with E-state index < -0.39 is 22.4 Å². The summed E-state index contributed by atoms with van der Waals surface area (Å²) in [6, 6.07) is 3.01. The second-order valence-corrected chi connectivity index (χ2v) is 6.07.